The van der Waals surface area contributed by atoms with Crippen molar-refractivity contribution in [3.8, 4) is 5.95 Å². The van der Waals surface area contributed by atoms with Gasteiger partial charge in [0.15, 0.2) is 5.78 Å². The Kier molecular flexibility index (Phi) is 3.92. The Morgan fingerprint density at radius 1 is 1.04 bits per heavy atom. The minimum absolute atomic E-state index is 0.0421. The summed E-state index contributed by atoms with van der Waals surface area (Å²) in [6, 6.07) is 8.21. The van der Waals surface area contributed by atoms with Crippen LogP contribution in [0.5, 0.6) is 0 Å². The standard InChI is InChI=1S/C16H13N5O2/c1-11(22)12-3-5-13(6-4-12)15(23)20-14-9-17-16(18-10-14)21-8-2-7-19-21/h2-10H,1H3,(H,20,23). The lowest BCUT2D eigenvalue weighted by Crippen LogP contribution is -2.13. The van der Waals surface area contributed by atoms with E-state index in [1.807, 2.05) is 0 Å². The van der Waals surface area contributed by atoms with E-state index in [-0.39, 0.29) is 11.7 Å². The van der Waals surface area contributed by atoms with E-state index in [1.54, 1.807) is 42.7 Å². The van der Waals surface area contributed by atoms with Gasteiger partial charge in [-0.25, -0.2) is 14.6 Å². The van der Waals surface area contributed by atoms with Gasteiger partial charge in [-0.05, 0) is 25.1 Å². The Balaban J connectivity index is 1.71. The second-order valence-corrected chi connectivity index (χ2v) is 4.81. The third-order valence-electron chi connectivity index (χ3n) is 3.16. The molecule has 1 aromatic carbocycles. The van der Waals surface area contributed by atoms with Crippen LogP contribution in [0.15, 0.2) is 55.1 Å². The number of ketones is 1. The number of anilines is 1. The first-order valence-corrected chi connectivity index (χ1v) is 6.88. The minimum atomic E-state index is -0.296. The quantitative estimate of drug-likeness (QED) is 0.746. The summed E-state index contributed by atoms with van der Waals surface area (Å²) in [5, 5.41) is 6.72. The fourth-order valence-electron chi connectivity index (χ4n) is 1.95. The fraction of sp³-hybridized carbons (Fsp3) is 0.0625. The molecule has 0 aliphatic heterocycles. The summed E-state index contributed by atoms with van der Waals surface area (Å²) in [7, 11) is 0. The van der Waals surface area contributed by atoms with Gasteiger partial charge >= 0.3 is 0 Å². The third-order valence-corrected chi connectivity index (χ3v) is 3.16. The number of aromatic nitrogens is 4. The zero-order valence-corrected chi connectivity index (χ0v) is 12.3. The third kappa shape index (κ3) is 3.29. The maximum atomic E-state index is 12.1. The Morgan fingerprint density at radius 3 is 2.26 bits per heavy atom. The molecule has 7 heteroatoms. The van der Waals surface area contributed by atoms with Crippen molar-refractivity contribution in [2.75, 3.05) is 5.32 Å². The average molecular weight is 307 g/mol. The van der Waals surface area contributed by atoms with E-state index >= 15 is 0 Å². The maximum Gasteiger partial charge on any atom is 0.255 e. The molecule has 0 saturated carbocycles. The Morgan fingerprint density at radius 2 is 1.70 bits per heavy atom. The Hall–Kier alpha value is -3.35. The van der Waals surface area contributed by atoms with Crippen molar-refractivity contribution in [3.05, 3.63) is 66.2 Å². The van der Waals surface area contributed by atoms with Crippen LogP contribution in [0.2, 0.25) is 0 Å². The molecule has 0 atom stereocenters. The number of rotatable bonds is 4. The lowest BCUT2D eigenvalue weighted by atomic mass is 10.1. The van der Waals surface area contributed by atoms with E-state index in [2.05, 4.69) is 20.4 Å². The molecule has 0 unspecified atom stereocenters. The van der Waals surface area contributed by atoms with Gasteiger partial charge in [0, 0.05) is 23.5 Å². The number of nitrogens with zero attached hydrogens (tertiary/aromatic N) is 4. The van der Waals surface area contributed by atoms with Crippen LogP contribution in [0.1, 0.15) is 27.6 Å². The van der Waals surface area contributed by atoms with Gasteiger partial charge in [-0.15, -0.1) is 0 Å². The fourth-order valence-corrected chi connectivity index (χ4v) is 1.95. The molecule has 0 aliphatic rings. The number of hydrogen-bond acceptors (Lipinski definition) is 5. The molecule has 0 radical (unpaired) electrons. The van der Waals surface area contributed by atoms with E-state index in [0.29, 0.717) is 22.8 Å². The molecule has 1 N–H and O–H groups in total. The molecule has 3 aromatic rings. The number of amides is 1. The summed E-state index contributed by atoms with van der Waals surface area (Å²) in [6.45, 7) is 1.48. The lowest BCUT2D eigenvalue weighted by Gasteiger charge is -2.06. The first kappa shape index (κ1) is 14.6. The summed E-state index contributed by atoms with van der Waals surface area (Å²) in [4.78, 5) is 31.6. The summed E-state index contributed by atoms with van der Waals surface area (Å²) >= 11 is 0. The molecule has 2 aromatic heterocycles. The van der Waals surface area contributed by atoms with E-state index in [9.17, 15) is 9.59 Å². The second-order valence-electron chi connectivity index (χ2n) is 4.81. The first-order chi connectivity index (χ1) is 11.1. The van der Waals surface area contributed by atoms with Gasteiger partial charge in [-0.2, -0.15) is 5.10 Å². The van der Waals surface area contributed by atoms with Gasteiger partial charge in [-0.1, -0.05) is 12.1 Å². The molecule has 23 heavy (non-hydrogen) atoms. The van der Waals surface area contributed by atoms with Crippen LogP contribution in [0.3, 0.4) is 0 Å². The molecular formula is C16H13N5O2. The van der Waals surface area contributed by atoms with Crippen LogP contribution >= 0.6 is 0 Å². The van der Waals surface area contributed by atoms with Crippen molar-refractivity contribution in [3.63, 3.8) is 0 Å². The smallest absolute Gasteiger partial charge is 0.255 e. The highest BCUT2D eigenvalue weighted by Gasteiger charge is 2.08. The molecular weight excluding hydrogens is 294 g/mol. The zero-order chi connectivity index (χ0) is 16.2. The molecule has 0 aliphatic carbocycles. The molecule has 1 amide bonds. The highest BCUT2D eigenvalue weighted by Crippen LogP contribution is 2.10. The van der Waals surface area contributed by atoms with E-state index in [0.717, 1.165) is 0 Å². The van der Waals surface area contributed by atoms with Gasteiger partial charge in [0.05, 0.1) is 18.1 Å². The van der Waals surface area contributed by atoms with Gasteiger partial charge in [-0.3, -0.25) is 9.59 Å². The number of benzene rings is 1. The van der Waals surface area contributed by atoms with E-state index < -0.39 is 0 Å². The molecule has 0 bridgehead atoms. The van der Waals surface area contributed by atoms with Gasteiger partial charge in [0.2, 0.25) is 0 Å². The molecule has 0 saturated heterocycles. The van der Waals surface area contributed by atoms with Crippen LogP contribution in [0.25, 0.3) is 5.95 Å². The number of carbonyl (C=O) groups excluding carboxylic acids is 2. The van der Waals surface area contributed by atoms with Crippen molar-refractivity contribution in [1.29, 1.82) is 0 Å². The zero-order valence-electron chi connectivity index (χ0n) is 12.3. The van der Waals surface area contributed by atoms with Crippen LogP contribution in [-0.4, -0.2) is 31.4 Å². The maximum absolute atomic E-state index is 12.1. The Bertz CT molecular complexity index is 824. The van der Waals surface area contributed by atoms with Crippen LogP contribution in [0, 0.1) is 0 Å². The largest absolute Gasteiger partial charge is 0.319 e. The number of nitrogens with one attached hydrogen (secondary N) is 1. The summed E-state index contributed by atoms with van der Waals surface area (Å²) in [5.41, 5.74) is 1.49. The summed E-state index contributed by atoms with van der Waals surface area (Å²) in [5.74, 6) is 0.0777. The predicted molar refractivity (Wildman–Crippen MR) is 83.6 cm³/mol. The van der Waals surface area contributed by atoms with E-state index in [1.165, 1.54) is 24.0 Å². The molecule has 7 nitrogen and oxygen atoms in total. The molecule has 0 spiro atoms. The van der Waals surface area contributed by atoms with E-state index in [4.69, 9.17) is 0 Å². The molecule has 0 fully saturated rings. The average Bonchev–Trinajstić information content (AvgIpc) is 3.10. The topological polar surface area (TPSA) is 89.8 Å². The molecule has 3 rings (SSSR count). The number of hydrogen-bond donors (Lipinski definition) is 1. The molecule has 2 heterocycles. The van der Waals surface area contributed by atoms with Gasteiger partial charge < -0.3 is 5.32 Å². The first-order valence-electron chi connectivity index (χ1n) is 6.88. The van der Waals surface area contributed by atoms with Gasteiger partial charge in [0.25, 0.3) is 11.9 Å². The number of Topliss-reactive ketones (excluding diaryl/α,β-unsaturated/α-hetero) is 1. The van der Waals surface area contributed by atoms with Crippen molar-refractivity contribution < 1.29 is 9.59 Å². The normalized spacial score (nSPS) is 10.3. The van der Waals surface area contributed by atoms with Crippen molar-refractivity contribution >= 4 is 17.4 Å². The Labute approximate surface area is 132 Å². The van der Waals surface area contributed by atoms with Crippen LogP contribution < -0.4 is 5.32 Å². The van der Waals surface area contributed by atoms with Gasteiger partial charge in [0.1, 0.15) is 0 Å². The number of carbonyl (C=O) groups is 2. The lowest BCUT2D eigenvalue weighted by molar-refractivity contribution is 0.100. The van der Waals surface area contributed by atoms with Crippen molar-refractivity contribution in [1.82, 2.24) is 19.7 Å². The SMILES string of the molecule is CC(=O)c1ccc(C(=O)Nc2cnc(-n3cccn3)nc2)cc1. The van der Waals surface area contributed by atoms with Crippen LogP contribution in [-0.2, 0) is 0 Å². The molecule has 114 valence electrons. The predicted octanol–water partition coefficient (Wildman–Crippen LogP) is 2.12. The van der Waals surface area contributed by atoms with Crippen molar-refractivity contribution in [2.24, 2.45) is 0 Å². The summed E-state index contributed by atoms with van der Waals surface area (Å²) in [6.07, 6.45) is 6.37. The van der Waals surface area contributed by atoms with Crippen molar-refractivity contribution in [2.45, 2.75) is 6.92 Å². The monoisotopic (exact) mass is 307 g/mol. The van der Waals surface area contributed by atoms with Crippen LogP contribution in [0.4, 0.5) is 5.69 Å². The highest BCUT2D eigenvalue weighted by atomic mass is 16.1. The highest BCUT2D eigenvalue weighted by molar-refractivity contribution is 6.04. The summed E-state index contributed by atoms with van der Waals surface area (Å²) < 4.78 is 1.52. The second kappa shape index (κ2) is 6.18. The minimum Gasteiger partial charge on any atom is -0.319 e.